The first-order chi connectivity index (χ1) is 8.97. The van der Waals surface area contributed by atoms with E-state index in [1.165, 1.54) is 5.56 Å². The molecular formula is C15H23N3O. The van der Waals surface area contributed by atoms with E-state index in [9.17, 15) is 0 Å². The van der Waals surface area contributed by atoms with Crippen LogP contribution in [0, 0.1) is 12.3 Å². The lowest BCUT2D eigenvalue weighted by molar-refractivity contribution is 0.235. The summed E-state index contributed by atoms with van der Waals surface area (Å²) in [5.41, 5.74) is 1.37. The Balaban J connectivity index is 2.00. The van der Waals surface area contributed by atoms with Crippen molar-refractivity contribution >= 4 is 0 Å². The molecule has 0 amide bonds. The number of rotatable bonds is 5. The quantitative estimate of drug-likeness (QED) is 0.899. The Labute approximate surface area is 114 Å². The number of hydrogen-bond acceptors (Lipinski definition) is 3. The number of nitrogens with one attached hydrogen (secondary N) is 1. The summed E-state index contributed by atoms with van der Waals surface area (Å²) in [6.07, 6.45) is 7.42. The third-order valence-corrected chi connectivity index (χ3v) is 3.48. The summed E-state index contributed by atoms with van der Waals surface area (Å²) in [6, 6.07) is 2.35. The van der Waals surface area contributed by atoms with E-state index < -0.39 is 0 Å². The van der Waals surface area contributed by atoms with Crippen LogP contribution in [0.2, 0.25) is 0 Å². The van der Waals surface area contributed by atoms with Crippen LogP contribution >= 0.6 is 0 Å². The molecule has 1 N–H and O–H groups in total. The minimum Gasteiger partial charge on any atom is -0.468 e. The van der Waals surface area contributed by atoms with Crippen LogP contribution in [0.1, 0.15) is 32.1 Å². The van der Waals surface area contributed by atoms with Crippen molar-refractivity contribution in [2.75, 3.05) is 0 Å². The van der Waals surface area contributed by atoms with E-state index in [1.54, 1.807) is 6.26 Å². The van der Waals surface area contributed by atoms with Crippen molar-refractivity contribution in [3.63, 3.8) is 0 Å². The van der Waals surface area contributed by atoms with Gasteiger partial charge in [-0.3, -0.25) is 0 Å². The van der Waals surface area contributed by atoms with Crippen LogP contribution in [-0.4, -0.2) is 15.6 Å². The first-order valence-electron chi connectivity index (χ1n) is 6.69. The number of aryl methyl sites for hydroxylation is 1. The minimum atomic E-state index is 0.171. The van der Waals surface area contributed by atoms with Crippen molar-refractivity contribution in [3.05, 3.63) is 42.4 Å². The molecule has 0 radical (unpaired) electrons. The van der Waals surface area contributed by atoms with Gasteiger partial charge in [-0.05, 0) is 24.0 Å². The Hall–Kier alpha value is -1.55. The number of aromatic nitrogens is 2. The summed E-state index contributed by atoms with van der Waals surface area (Å²) >= 11 is 0. The average Bonchev–Trinajstić information content (AvgIpc) is 2.94. The molecule has 2 aromatic rings. The molecule has 0 aromatic carbocycles. The van der Waals surface area contributed by atoms with Gasteiger partial charge in [-0.15, -0.1) is 0 Å². The molecule has 0 aliphatic heterocycles. The third-order valence-electron chi connectivity index (χ3n) is 3.48. The zero-order chi connectivity index (χ0) is 13.9. The van der Waals surface area contributed by atoms with E-state index in [-0.39, 0.29) is 5.41 Å². The molecule has 1 atom stereocenters. The second-order valence-electron chi connectivity index (χ2n) is 6.09. The second-order valence-corrected chi connectivity index (χ2v) is 6.09. The van der Waals surface area contributed by atoms with Gasteiger partial charge in [0.05, 0.1) is 19.1 Å². The highest BCUT2D eigenvalue weighted by molar-refractivity contribution is 5.14. The van der Waals surface area contributed by atoms with Crippen molar-refractivity contribution in [2.45, 2.75) is 46.8 Å². The Morgan fingerprint density at radius 1 is 1.42 bits per heavy atom. The van der Waals surface area contributed by atoms with Gasteiger partial charge in [0.15, 0.2) is 0 Å². The molecule has 4 nitrogen and oxygen atoms in total. The predicted octanol–water partition coefficient (Wildman–Crippen LogP) is 2.99. The molecule has 2 rings (SSSR count). The molecule has 1 unspecified atom stereocenters. The van der Waals surface area contributed by atoms with Gasteiger partial charge in [0, 0.05) is 25.0 Å². The van der Waals surface area contributed by atoms with Crippen LogP contribution in [0.25, 0.3) is 0 Å². The van der Waals surface area contributed by atoms with Crippen molar-refractivity contribution < 1.29 is 4.42 Å². The van der Waals surface area contributed by atoms with Gasteiger partial charge in [0.1, 0.15) is 5.76 Å². The van der Waals surface area contributed by atoms with Crippen LogP contribution in [0.5, 0.6) is 0 Å². The Morgan fingerprint density at radius 2 is 2.21 bits per heavy atom. The lowest BCUT2D eigenvalue weighted by Crippen LogP contribution is -2.43. The van der Waals surface area contributed by atoms with Crippen molar-refractivity contribution in [2.24, 2.45) is 5.41 Å². The second kappa shape index (κ2) is 5.61. The summed E-state index contributed by atoms with van der Waals surface area (Å²) in [4.78, 5) is 4.10. The van der Waals surface area contributed by atoms with Gasteiger partial charge in [-0.1, -0.05) is 20.8 Å². The van der Waals surface area contributed by atoms with Gasteiger partial charge in [-0.25, -0.2) is 4.98 Å². The molecular weight excluding hydrogens is 238 g/mol. The number of furan rings is 1. The third kappa shape index (κ3) is 3.70. The van der Waals surface area contributed by atoms with E-state index in [2.05, 4.69) is 42.6 Å². The van der Waals surface area contributed by atoms with E-state index in [0.717, 1.165) is 18.8 Å². The molecule has 0 aliphatic carbocycles. The maximum absolute atomic E-state index is 5.48. The zero-order valence-electron chi connectivity index (χ0n) is 12.2. The average molecular weight is 261 g/mol. The highest BCUT2D eigenvalue weighted by atomic mass is 16.3. The fourth-order valence-electron chi connectivity index (χ4n) is 2.05. The fraction of sp³-hybridized carbons (Fsp3) is 0.533. The predicted molar refractivity (Wildman–Crippen MR) is 75.8 cm³/mol. The molecule has 0 fully saturated rings. The highest BCUT2D eigenvalue weighted by Crippen LogP contribution is 2.21. The van der Waals surface area contributed by atoms with E-state index in [1.807, 2.05) is 24.8 Å². The maximum Gasteiger partial charge on any atom is 0.120 e. The van der Waals surface area contributed by atoms with Gasteiger partial charge >= 0.3 is 0 Å². The van der Waals surface area contributed by atoms with Crippen molar-refractivity contribution in [1.29, 1.82) is 0 Å². The molecule has 4 heteroatoms. The number of hydrogen-bond donors (Lipinski definition) is 1. The normalized spacial score (nSPS) is 13.7. The molecule has 0 aliphatic rings. The fourth-order valence-corrected chi connectivity index (χ4v) is 2.05. The lowest BCUT2D eigenvalue weighted by atomic mass is 9.86. The Bertz CT molecular complexity index is 494. The van der Waals surface area contributed by atoms with Crippen LogP contribution in [0.15, 0.2) is 35.5 Å². The molecule has 0 spiro atoms. The van der Waals surface area contributed by atoms with Crippen LogP contribution in [-0.2, 0) is 13.1 Å². The zero-order valence-corrected chi connectivity index (χ0v) is 12.2. The van der Waals surface area contributed by atoms with Crippen molar-refractivity contribution in [1.82, 2.24) is 14.9 Å². The Kier molecular flexibility index (Phi) is 4.10. The number of imidazole rings is 1. The van der Waals surface area contributed by atoms with Gasteiger partial charge < -0.3 is 14.3 Å². The summed E-state index contributed by atoms with van der Waals surface area (Å²) in [7, 11) is 0. The minimum absolute atomic E-state index is 0.171. The maximum atomic E-state index is 5.48. The highest BCUT2D eigenvalue weighted by Gasteiger charge is 2.24. The molecule has 0 saturated heterocycles. The molecule has 104 valence electrons. The van der Waals surface area contributed by atoms with E-state index in [0.29, 0.717) is 6.04 Å². The van der Waals surface area contributed by atoms with E-state index >= 15 is 0 Å². The van der Waals surface area contributed by atoms with Gasteiger partial charge in [-0.2, -0.15) is 0 Å². The Morgan fingerprint density at radius 3 is 2.74 bits per heavy atom. The first-order valence-corrected chi connectivity index (χ1v) is 6.69. The number of nitrogens with zero attached hydrogens (tertiary/aromatic N) is 2. The van der Waals surface area contributed by atoms with Crippen LogP contribution < -0.4 is 5.32 Å². The summed E-state index contributed by atoms with van der Waals surface area (Å²) in [5, 5.41) is 3.60. The molecule has 2 aromatic heterocycles. The van der Waals surface area contributed by atoms with Crippen molar-refractivity contribution in [3.8, 4) is 0 Å². The SMILES string of the molecule is Cc1ccoc1CNC(Cn1ccnc1)C(C)(C)C. The topological polar surface area (TPSA) is 43.0 Å². The lowest BCUT2D eigenvalue weighted by Gasteiger charge is -2.31. The van der Waals surface area contributed by atoms with E-state index in [4.69, 9.17) is 4.42 Å². The molecule has 2 heterocycles. The molecule has 0 saturated carbocycles. The monoisotopic (exact) mass is 261 g/mol. The smallest absolute Gasteiger partial charge is 0.120 e. The van der Waals surface area contributed by atoms with Gasteiger partial charge in [0.25, 0.3) is 0 Å². The standard InChI is InChI=1S/C15H23N3O/c1-12-5-8-19-13(12)9-17-14(15(2,3)4)10-18-7-6-16-11-18/h5-8,11,14,17H,9-10H2,1-4H3. The van der Waals surface area contributed by atoms with Crippen LogP contribution in [0.4, 0.5) is 0 Å². The van der Waals surface area contributed by atoms with Gasteiger partial charge in [0.2, 0.25) is 0 Å². The molecule has 0 bridgehead atoms. The first kappa shape index (κ1) is 13.9. The largest absolute Gasteiger partial charge is 0.468 e. The summed E-state index contributed by atoms with van der Waals surface area (Å²) < 4.78 is 7.59. The summed E-state index contributed by atoms with van der Waals surface area (Å²) in [6.45, 7) is 10.5. The van der Waals surface area contributed by atoms with Crippen LogP contribution in [0.3, 0.4) is 0 Å². The summed E-state index contributed by atoms with van der Waals surface area (Å²) in [5.74, 6) is 1.01. The molecule has 19 heavy (non-hydrogen) atoms.